The number of para-hydroxylation sites is 1. The highest BCUT2D eigenvalue weighted by Crippen LogP contribution is 2.27. The van der Waals surface area contributed by atoms with Gasteiger partial charge < -0.3 is 10.1 Å². The predicted octanol–water partition coefficient (Wildman–Crippen LogP) is 4.52. The number of thioether (sulfide) groups is 1. The van der Waals surface area contributed by atoms with E-state index in [4.69, 9.17) is 4.74 Å². The summed E-state index contributed by atoms with van der Waals surface area (Å²) in [6.45, 7) is 4.31. The van der Waals surface area contributed by atoms with Gasteiger partial charge in [0.1, 0.15) is 12.1 Å². The number of nitrogens with one attached hydrogen (secondary N) is 1. The Kier molecular flexibility index (Phi) is 6.71. The number of carbonyl (C=O) groups excluding carboxylic acids is 1. The topological polar surface area (TPSA) is 69.0 Å². The van der Waals surface area contributed by atoms with Crippen LogP contribution in [0.15, 0.2) is 60.0 Å². The highest BCUT2D eigenvalue weighted by atomic mass is 32.2. The Hall–Kier alpha value is -2.80. The third kappa shape index (κ3) is 4.72. The summed E-state index contributed by atoms with van der Waals surface area (Å²) in [7, 11) is 1.63. The number of nitrogens with zero attached hydrogens (tertiary/aromatic N) is 3. The average Bonchev–Trinajstić information content (AvgIpc) is 3.21. The standard InChI is InChI=1S/C21H24N4O2S/c1-4-15(2)18-10-5-6-11-19(18)23-20(26)13-28-21-24-22-14-25(21)16-8-7-9-17(12-16)27-3/h5-12,14-15H,4,13H2,1-3H3,(H,23,26). The number of aromatic nitrogens is 3. The number of hydrogen-bond acceptors (Lipinski definition) is 5. The van der Waals surface area contributed by atoms with Crippen LogP contribution in [-0.2, 0) is 4.79 Å². The van der Waals surface area contributed by atoms with Gasteiger partial charge in [0.2, 0.25) is 5.91 Å². The van der Waals surface area contributed by atoms with Crippen molar-refractivity contribution in [2.45, 2.75) is 31.3 Å². The van der Waals surface area contributed by atoms with Gasteiger partial charge in [-0.3, -0.25) is 9.36 Å². The second kappa shape index (κ2) is 9.41. The van der Waals surface area contributed by atoms with Gasteiger partial charge in [-0.05, 0) is 36.1 Å². The van der Waals surface area contributed by atoms with Gasteiger partial charge in [-0.2, -0.15) is 0 Å². The summed E-state index contributed by atoms with van der Waals surface area (Å²) in [6, 6.07) is 15.6. The van der Waals surface area contributed by atoms with Gasteiger partial charge in [0.05, 0.1) is 18.6 Å². The zero-order valence-corrected chi connectivity index (χ0v) is 17.1. The van der Waals surface area contributed by atoms with Gasteiger partial charge in [-0.15, -0.1) is 10.2 Å². The van der Waals surface area contributed by atoms with E-state index < -0.39 is 0 Å². The van der Waals surface area contributed by atoms with Crippen molar-refractivity contribution in [2.24, 2.45) is 0 Å². The fourth-order valence-electron chi connectivity index (χ4n) is 2.84. The lowest BCUT2D eigenvalue weighted by atomic mass is 9.97. The molecule has 0 spiro atoms. The van der Waals surface area contributed by atoms with Crippen LogP contribution < -0.4 is 10.1 Å². The highest BCUT2D eigenvalue weighted by Gasteiger charge is 2.13. The molecule has 1 unspecified atom stereocenters. The second-order valence-electron chi connectivity index (χ2n) is 6.42. The van der Waals surface area contributed by atoms with E-state index in [9.17, 15) is 4.79 Å². The van der Waals surface area contributed by atoms with Crippen LogP contribution in [-0.4, -0.2) is 33.5 Å². The molecule has 0 saturated carbocycles. The van der Waals surface area contributed by atoms with Crippen molar-refractivity contribution in [3.05, 3.63) is 60.4 Å². The molecule has 1 amide bonds. The predicted molar refractivity (Wildman–Crippen MR) is 112 cm³/mol. The molecule has 1 N–H and O–H groups in total. The summed E-state index contributed by atoms with van der Waals surface area (Å²) in [5.74, 6) is 1.32. The van der Waals surface area contributed by atoms with Gasteiger partial charge in [0, 0.05) is 11.8 Å². The molecule has 2 aromatic carbocycles. The number of ether oxygens (including phenoxy) is 1. The van der Waals surface area contributed by atoms with Gasteiger partial charge in [-0.1, -0.05) is 49.9 Å². The molecule has 7 heteroatoms. The summed E-state index contributed by atoms with van der Waals surface area (Å²) in [4.78, 5) is 12.5. The lowest BCUT2D eigenvalue weighted by molar-refractivity contribution is -0.113. The zero-order valence-electron chi connectivity index (χ0n) is 16.3. The number of methoxy groups -OCH3 is 1. The third-order valence-electron chi connectivity index (χ3n) is 4.56. The number of amides is 1. The van der Waals surface area contributed by atoms with E-state index in [2.05, 4.69) is 35.4 Å². The van der Waals surface area contributed by atoms with Crippen LogP contribution in [0.25, 0.3) is 5.69 Å². The van der Waals surface area contributed by atoms with Crippen molar-refractivity contribution in [2.75, 3.05) is 18.2 Å². The third-order valence-corrected chi connectivity index (χ3v) is 5.50. The smallest absolute Gasteiger partial charge is 0.234 e. The quantitative estimate of drug-likeness (QED) is 0.567. The monoisotopic (exact) mass is 396 g/mol. The van der Waals surface area contributed by atoms with Crippen molar-refractivity contribution in [1.29, 1.82) is 0 Å². The summed E-state index contributed by atoms with van der Waals surface area (Å²) >= 11 is 1.35. The van der Waals surface area contributed by atoms with Crippen molar-refractivity contribution < 1.29 is 9.53 Å². The van der Waals surface area contributed by atoms with Gasteiger partial charge in [0.15, 0.2) is 5.16 Å². The van der Waals surface area contributed by atoms with Crippen molar-refractivity contribution >= 4 is 23.4 Å². The van der Waals surface area contributed by atoms with Gasteiger partial charge in [0.25, 0.3) is 0 Å². The SMILES string of the molecule is CCC(C)c1ccccc1NC(=O)CSc1nncn1-c1cccc(OC)c1. The minimum atomic E-state index is -0.0686. The number of anilines is 1. The van der Waals surface area contributed by atoms with Gasteiger partial charge >= 0.3 is 0 Å². The lowest BCUT2D eigenvalue weighted by Gasteiger charge is -2.15. The minimum Gasteiger partial charge on any atom is -0.497 e. The maximum absolute atomic E-state index is 12.5. The summed E-state index contributed by atoms with van der Waals surface area (Å²) in [6.07, 6.45) is 2.65. The van der Waals surface area contributed by atoms with Crippen LogP contribution in [0, 0.1) is 0 Å². The Morgan fingerprint density at radius 1 is 1.25 bits per heavy atom. The van der Waals surface area contributed by atoms with E-state index in [-0.39, 0.29) is 11.7 Å². The van der Waals surface area contributed by atoms with E-state index in [1.54, 1.807) is 13.4 Å². The van der Waals surface area contributed by atoms with E-state index in [0.717, 1.165) is 29.1 Å². The average molecular weight is 397 g/mol. The fraction of sp³-hybridized carbons (Fsp3) is 0.286. The molecule has 0 bridgehead atoms. The molecule has 6 nitrogen and oxygen atoms in total. The number of rotatable bonds is 8. The first-order valence-corrected chi connectivity index (χ1v) is 10.2. The maximum atomic E-state index is 12.5. The molecular formula is C21H24N4O2S. The van der Waals surface area contributed by atoms with Crippen LogP contribution in [0.5, 0.6) is 5.75 Å². The Labute approximate surface area is 169 Å². The molecule has 146 valence electrons. The Bertz CT molecular complexity index is 941. The minimum absolute atomic E-state index is 0.0686. The van der Waals surface area contributed by atoms with E-state index in [0.29, 0.717) is 11.1 Å². The van der Waals surface area contributed by atoms with E-state index in [1.165, 1.54) is 11.8 Å². The Balaban J connectivity index is 1.67. The van der Waals surface area contributed by atoms with Gasteiger partial charge in [-0.25, -0.2) is 0 Å². The molecule has 0 fully saturated rings. The largest absolute Gasteiger partial charge is 0.497 e. The molecule has 0 aliphatic rings. The van der Waals surface area contributed by atoms with Crippen LogP contribution in [0.4, 0.5) is 5.69 Å². The molecule has 3 rings (SSSR count). The van der Waals surface area contributed by atoms with Crippen LogP contribution >= 0.6 is 11.8 Å². The molecule has 0 saturated heterocycles. The first kappa shape index (κ1) is 19.9. The summed E-state index contributed by atoms with van der Waals surface area (Å²) in [5, 5.41) is 11.8. The summed E-state index contributed by atoms with van der Waals surface area (Å²) in [5.41, 5.74) is 2.91. The first-order valence-electron chi connectivity index (χ1n) is 9.18. The normalized spacial score (nSPS) is 11.8. The van der Waals surface area contributed by atoms with E-state index >= 15 is 0 Å². The first-order chi connectivity index (χ1) is 13.6. The molecule has 1 aromatic heterocycles. The van der Waals surface area contributed by atoms with Crippen LogP contribution in [0.3, 0.4) is 0 Å². The molecule has 0 aliphatic heterocycles. The Morgan fingerprint density at radius 2 is 2.07 bits per heavy atom. The molecule has 0 aliphatic carbocycles. The molecule has 1 heterocycles. The molecular weight excluding hydrogens is 372 g/mol. The molecule has 1 atom stereocenters. The molecule has 0 radical (unpaired) electrons. The number of hydrogen-bond donors (Lipinski definition) is 1. The van der Waals surface area contributed by atoms with Crippen molar-refractivity contribution in [3.8, 4) is 11.4 Å². The Morgan fingerprint density at radius 3 is 2.86 bits per heavy atom. The number of benzene rings is 2. The maximum Gasteiger partial charge on any atom is 0.234 e. The van der Waals surface area contributed by atoms with Crippen molar-refractivity contribution in [1.82, 2.24) is 14.8 Å². The molecule has 28 heavy (non-hydrogen) atoms. The highest BCUT2D eigenvalue weighted by molar-refractivity contribution is 7.99. The van der Waals surface area contributed by atoms with Crippen LogP contribution in [0.2, 0.25) is 0 Å². The zero-order chi connectivity index (χ0) is 19.9. The molecule has 3 aromatic rings. The second-order valence-corrected chi connectivity index (χ2v) is 7.36. The van der Waals surface area contributed by atoms with Crippen molar-refractivity contribution in [3.63, 3.8) is 0 Å². The lowest BCUT2D eigenvalue weighted by Crippen LogP contribution is -2.16. The number of carbonyl (C=O) groups is 1. The summed E-state index contributed by atoms with van der Waals surface area (Å²) < 4.78 is 7.11. The van der Waals surface area contributed by atoms with Crippen LogP contribution in [0.1, 0.15) is 31.7 Å². The fourth-order valence-corrected chi connectivity index (χ4v) is 3.57. The van der Waals surface area contributed by atoms with E-state index in [1.807, 2.05) is 47.0 Å².